The number of carbonyl (C=O) groups excluding carboxylic acids is 2. The lowest BCUT2D eigenvalue weighted by Gasteiger charge is -2.43. The molecule has 0 radical (unpaired) electrons. The molecule has 1 atom stereocenters. The molecule has 32 heavy (non-hydrogen) atoms. The van der Waals surface area contributed by atoms with Crippen molar-refractivity contribution in [2.45, 2.75) is 52.9 Å². The van der Waals surface area contributed by atoms with Crippen LogP contribution in [0.4, 0.5) is 5.69 Å². The normalized spacial score (nSPS) is 20.3. The summed E-state index contributed by atoms with van der Waals surface area (Å²) in [6.45, 7) is 8.29. The number of ketones is 1. The molecule has 0 spiro atoms. The summed E-state index contributed by atoms with van der Waals surface area (Å²) in [5.41, 5.74) is 5.34. The van der Waals surface area contributed by atoms with Crippen molar-refractivity contribution < 1.29 is 19.1 Å². The Morgan fingerprint density at radius 2 is 1.69 bits per heavy atom. The van der Waals surface area contributed by atoms with Gasteiger partial charge in [0.25, 0.3) is 0 Å². The Morgan fingerprint density at radius 3 is 2.34 bits per heavy atom. The van der Waals surface area contributed by atoms with Crippen LogP contribution < -0.4 is 14.4 Å². The lowest BCUT2D eigenvalue weighted by Crippen LogP contribution is -2.43. The van der Waals surface area contributed by atoms with Gasteiger partial charge in [-0.1, -0.05) is 26.0 Å². The number of nitrogens with zero attached hydrogens (tertiary/aromatic N) is 1. The highest BCUT2D eigenvalue weighted by Gasteiger charge is 2.45. The van der Waals surface area contributed by atoms with Crippen LogP contribution in [0.1, 0.15) is 55.7 Å². The zero-order valence-corrected chi connectivity index (χ0v) is 19.7. The first-order chi connectivity index (χ1) is 15.1. The number of hydrogen-bond acceptors (Lipinski definition) is 4. The highest BCUT2D eigenvalue weighted by molar-refractivity contribution is 6.08. The SMILES string of the molecule is COc1ccc(C2CC(=O)N(c3ccc(C)c(C)c3)C3=C2C(=O)CC(C)(C)C3)c(OC)c1. The highest BCUT2D eigenvalue weighted by Crippen LogP contribution is 2.49. The van der Waals surface area contributed by atoms with E-state index < -0.39 is 0 Å². The molecule has 1 aliphatic heterocycles. The van der Waals surface area contributed by atoms with Gasteiger partial charge in [-0.2, -0.15) is 0 Å². The van der Waals surface area contributed by atoms with E-state index >= 15 is 0 Å². The highest BCUT2D eigenvalue weighted by atomic mass is 16.5. The van der Waals surface area contributed by atoms with Crippen molar-refractivity contribution in [3.63, 3.8) is 0 Å². The van der Waals surface area contributed by atoms with Gasteiger partial charge < -0.3 is 9.47 Å². The van der Waals surface area contributed by atoms with Crippen LogP contribution in [0.5, 0.6) is 11.5 Å². The first kappa shape index (κ1) is 22.1. The third kappa shape index (κ3) is 3.81. The maximum absolute atomic E-state index is 13.6. The van der Waals surface area contributed by atoms with E-state index in [9.17, 15) is 9.59 Å². The van der Waals surface area contributed by atoms with Crippen LogP contribution in [-0.4, -0.2) is 25.9 Å². The molecule has 5 heteroatoms. The maximum atomic E-state index is 13.6. The van der Waals surface area contributed by atoms with E-state index in [1.54, 1.807) is 19.1 Å². The summed E-state index contributed by atoms with van der Waals surface area (Å²) in [7, 11) is 3.21. The molecule has 0 bridgehead atoms. The molecule has 0 saturated heterocycles. The quantitative estimate of drug-likeness (QED) is 0.640. The second kappa shape index (κ2) is 8.12. The molecule has 168 valence electrons. The van der Waals surface area contributed by atoms with Gasteiger partial charge in [-0.3, -0.25) is 14.5 Å². The number of amides is 1. The van der Waals surface area contributed by atoms with E-state index in [0.717, 1.165) is 28.1 Å². The molecular formula is C27H31NO4. The smallest absolute Gasteiger partial charge is 0.232 e. The van der Waals surface area contributed by atoms with Crippen molar-refractivity contribution in [3.05, 3.63) is 64.4 Å². The topological polar surface area (TPSA) is 55.8 Å². The molecule has 1 heterocycles. The number of hydrogen-bond donors (Lipinski definition) is 0. The van der Waals surface area contributed by atoms with Crippen molar-refractivity contribution in [1.29, 1.82) is 0 Å². The zero-order chi connectivity index (χ0) is 23.2. The Labute approximate surface area is 190 Å². The van der Waals surface area contributed by atoms with Gasteiger partial charge >= 0.3 is 0 Å². The standard InChI is InChI=1S/C27H31NO4/c1-16-7-8-18(11-17(16)2)28-22-14-27(3,4)15-23(29)26(22)21(13-25(28)30)20-10-9-19(31-5)12-24(20)32-6/h7-12,21H,13-15H2,1-6H3. The van der Waals surface area contributed by atoms with E-state index in [1.165, 1.54) is 5.56 Å². The summed E-state index contributed by atoms with van der Waals surface area (Å²) < 4.78 is 11.0. The molecular weight excluding hydrogens is 402 g/mol. The van der Waals surface area contributed by atoms with E-state index in [2.05, 4.69) is 20.8 Å². The number of ether oxygens (including phenoxy) is 2. The number of benzene rings is 2. The summed E-state index contributed by atoms with van der Waals surface area (Å²) in [6, 6.07) is 11.6. The molecule has 4 rings (SSSR count). The molecule has 2 aromatic carbocycles. The van der Waals surface area contributed by atoms with Crippen molar-refractivity contribution >= 4 is 17.4 Å². The van der Waals surface area contributed by atoms with Crippen LogP contribution in [0.25, 0.3) is 0 Å². The minimum atomic E-state index is -0.329. The fourth-order valence-electron chi connectivity index (χ4n) is 4.95. The van der Waals surface area contributed by atoms with Crippen LogP contribution in [0.15, 0.2) is 47.7 Å². The minimum Gasteiger partial charge on any atom is -0.497 e. The average molecular weight is 434 g/mol. The minimum absolute atomic E-state index is 0.000346. The van der Waals surface area contributed by atoms with Crippen LogP contribution in [-0.2, 0) is 9.59 Å². The van der Waals surface area contributed by atoms with Gasteiger partial charge in [0.1, 0.15) is 11.5 Å². The van der Waals surface area contributed by atoms with E-state index in [-0.39, 0.29) is 29.4 Å². The first-order valence-corrected chi connectivity index (χ1v) is 11.0. The number of allylic oxidation sites excluding steroid dienone is 2. The molecule has 5 nitrogen and oxygen atoms in total. The van der Waals surface area contributed by atoms with Crippen LogP contribution >= 0.6 is 0 Å². The molecule has 1 unspecified atom stereocenters. The van der Waals surface area contributed by atoms with Gasteiger partial charge in [-0.15, -0.1) is 0 Å². The Kier molecular flexibility index (Phi) is 5.61. The Bertz CT molecular complexity index is 1130. The lowest BCUT2D eigenvalue weighted by molar-refractivity contribution is -0.121. The molecule has 1 amide bonds. The van der Waals surface area contributed by atoms with Gasteiger partial charge in [0.05, 0.1) is 14.2 Å². The largest absolute Gasteiger partial charge is 0.497 e. The predicted molar refractivity (Wildman–Crippen MR) is 125 cm³/mol. The fourth-order valence-corrected chi connectivity index (χ4v) is 4.95. The van der Waals surface area contributed by atoms with Crippen LogP contribution in [0.3, 0.4) is 0 Å². The summed E-state index contributed by atoms with van der Waals surface area (Å²) in [4.78, 5) is 28.9. The summed E-state index contributed by atoms with van der Waals surface area (Å²) in [6.07, 6.45) is 1.36. The summed E-state index contributed by atoms with van der Waals surface area (Å²) >= 11 is 0. The number of methoxy groups -OCH3 is 2. The lowest BCUT2D eigenvalue weighted by atomic mass is 9.69. The van der Waals surface area contributed by atoms with Gasteiger partial charge in [0.15, 0.2) is 5.78 Å². The zero-order valence-electron chi connectivity index (χ0n) is 19.7. The van der Waals surface area contributed by atoms with Crippen LogP contribution in [0.2, 0.25) is 0 Å². The van der Waals surface area contributed by atoms with E-state index in [1.807, 2.05) is 43.3 Å². The Hall–Kier alpha value is -3.08. The third-order valence-electron chi connectivity index (χ3n) is 6.71. The van der Waals surface area contributed by atoms with Crippen molar-refractivity contribution in [1.82, 2.24) is 0 Å². The van der Waals surface area contributed by atoms with Gasteiger partial charge in [0, 0.05) is 47.3 Å². The summed E-state index contributed by atoms with van der Waals surface area (Å²) in [5.74, 6) is 1.09. The second-order valence-electron chi connectivity index (χ2n) is 9.66. The van der Waals surface area contributed by atoms with E-state index in [4.69, 9.17) is 9.47 Å². The molecule has 0 saturated carbocycles. The molecule has 0 fully saturated rings. The second-order valence-corrected chi connectivity index (χ2v) is 9.66. The molecule has 2 aliphatic rings. The van der Waals surface area contributed by atoms with Gasteiger partial charge in [-0.25, -0.2) is 0 Å². The van der Waals surface area contributed by atoms with Crippen molar-refractivity contribution in [2.75, 3.05) is 19.1 Å². The number of rotatable bonds is 4. The average Bonchev–Trinajstić information content (AvgIpc) is 2.73. The molecule has 0 N–H and O–H groups in total. The predicted octanol–water partition coefficient (Wildman–Crippen LogP) is 5.48. The van der Waals surface area contributed by atoms with Crippen LogP contribution in [0, 0.1) is 19.3 Å². The summed E-state index contributed by atoms with van der Waals surface area (Å²) in [5, 5.41) is 0. The van der Waals surface area contributed by atoms with Gasteiger partial charge in [0.2, 0.25) is 5.91 Å². The number of carbonyl (C=O) groups is 2. The third-order valence-corrected chi connectivity index (χ3v) is 6.71. The van der Waals surface area contributed by atoms with E-state index in [0.29, 0.717) is 24.3 Å². The first-order valence-electron chi connectivity index (χ1n) is 11.0. The fraction of sp³-hybridized carbons (Fsp3) is 0.407. The van der Waals surface area contributed by atoms with Gasteiger partial charge in [-0.05, 0) is 55.0 Å². The monoisotopic (exact) mass is 433 g/mol. The number of anilines is 1. The van der Waals surface area contributed by atoms with Crippen molar-refractivity contribution in [3.8, 4) is 11.5 Å². The Morgan fingerprint density at radius 1 is 0.938 bits per heavy atom. The number of aryl methyl sites for hydroxylation is 2. The maximum Gasteiger partial charge on any atom is 0.232 e. The van der Waals surface area contributed by atoms with Crippen molar-refractivity contribution in [2.24, 2.45) is 5.41 Å². The molecule has 0 aromatic heterocycles. The molecule has 2 aromatic rings. The number of Topliss-reactive ketones (excluding diaryl/α,β-unsaturated/α-hetero) is 1. The molecule has 1 aliphatic carbocycles. The Balaban J connectivity index is 1.91.